The minimum atomic E-state index is -0.518. The molecular weight excluding hydrogens is 410 g/mol. The third-order valence-electron chi connectivity index (χ3n) is 5.05. The lowest BCUT2D eigenvalue weighted by Gasteiger charge is -2.11. The third kappa shape index (κ3) is 4.20. The van der Waals surface area contributed by atoms with Crippen molar-refractivity contribution in [3.05, 3.63) is 99.3 Å². The number of carbonyl (C=O) groups is 2. The van der Waals surface area contributed by atoms with Gasteiger partial charge in [-0.2, -0.15) is 0 Å². The molecule has 3 aromatic carbocycles. The Kier molecular flexibility index (Phi) is 5.43. The van der Waals surface area contributed by atoms with E-state index >= 15 is 0 Å². The number of para-hydroxylation sites is 1. The van der Waals surface area contributed by atoms with E-state index in [9.17, 15) is 19.7 Å². The molecule has 0 atom stereocenters. The standard InChI is InChI=1S/C24H19N3O5/c1-14-7-8-17(12-20(14)27(30)31)23(28)25-18-9-10-19(15(2)11-18)26-24(29)22-13-16-5-3-4-6-21(16)32-22/h3-13H,1-2H3,(H,25,28)(H,26,29). The Morgan fingerprint density at radius 2 is 1.66 bits per heavy atom. The van der Waals surface area contributed by atoms with Crippen molar-refractivity contribution in [1.82, 2.24) is 0 Å². The van der Waals surface area contributed by atoms with Crippen LogP contribution in [-0.4, -0.2) is 16.7 Å². The molecule has 4 rings (SSSR count). The second-order valence-electron chi connectivity index (χ2n) is 7.34. The highest BCUT2D eigenvalue weighted by Crippen LogP contribution is 2.24. The minimum Gasteiger partial charge on any atom is -0.451 e. The third-order valence-corrected chi connectivity index (χ3v) is 5.05. The number of benzene rings is 3. The number of nitro groups is 1. The van der Waals surface area contributed by atoms with Crippen molar-refractivity contribution >= 4 is 39.8 Å². The van der Waals surface area contributed by atoms with Crippen molar-refractivity contribution in [2.24, 2.45) is 0 Å². The molecular formula is C24H19N3O5. The van der Waals surface area contributed by atoms with Crippen LogP contribution in [0, 0.1) is 24.0 Å². The number of nitrogens with one attached hydrogen (secondary N) is 2. The smallest absolute Gasteiger partial charge is 0.291 e. The lowest BCUT2D eigenvalue weighted by Crippen LogP contribution is -2.14. The number of nitrogens with zero attached hydrogens (tertiary/aromatic N) is 1. The number of nitro benzene ring substituents is 1. The van der Waals surface area contributed by atoms with Gasteiger partial charge < -0.3 is 15.1 Å². The molecule has 0 bridgehead atoms. The summed E-state index contributed by atoms with van der Waals surface area (Å²) in [6, 6.07) is 18.4. The van der Waals surface area contributed by atoms with E-state index in [1.54, 1.807) is 44.2 Å². The zero-order valence-corrected chi connectivity index (χ0v) is 17.3. The number of aryl methyl sites for hydroxylation is 2. The summed E-state index contributed by atoms with van der Waals surface area (Å²) in [6.07, 6.45) is 0. The summed E-state index contributed by atoms with van der Waals surface area (Å²) < 4.78 is 5.59. The Morgan fingerprint density at radius 1 is 0.875 bits per heavy atom. The van der Waals surface area contributed by atoms with E-state index in [0.717, 1.165) is 10.9 Å². The molecule has 0 aliphatic carbocycles. The highest BCUT2D eigenvalue weighted by atomic mass is 16.6. The fraction of sp³-hybridized carbons (Fsp3) is 0.0833. The van der Waals surface area contributed by atoms with Crippen LogP contribution in [0.25, 0.3) is 11.0 Å². The number of rotatable bonds is 5. The van der Waals surface area contributed by atoms with Crippen LogP contribution < -0.4 is 10.6 Å². The fourth-order valence-electron chi connectivity index (χ4n) is 3.31. The molecule has 0 unspecified atom stereocenters. The first-order chi connectivity index (χ1) is 15.3. The molecule has 160 valence electrons. The van der Waals surface area contributed by atoms with Gasteiger partial charge in [-0.25, -0.2) is 0 Å². The molecule has 0 aliphatic heterocycles. The molecule has 0 spiro atoms. The van der Waals surface area contributed by atoms with Crippen molar-refractivity contribution in [1.29, 1.82) is 0 Å². The summed E-state index contributed by atoms with van der Waals surface area (Å²) in [7, 11) is 0. The molecule has 8 nitrogen and oxygen atoms in total. The SMILES string of the molecule is Cc1cc(NC(=O)c2ccc(C)c([N+](=O)[O-])c2)ccc1NC(=O)c1cc2ccccc2o1. The quantitative estimate of drug-likeness (QED) is 0.323. The van der Waals surface area contributed by atoms with Crippen LogP contribution in [0.4, 0.5) is 17.1 Å². The van der Waals surface area contributed by atoms with E-state index in [4.69, 9.17) is 4.42 Å². The molecule has 0 saturated heterocycles. The van der Waals surface area contributed by atoms with Gasteiger partial charge in [0, 0.05) is 34.0 Å². The van der Waals surface area contributed by atoms with Crippen molar-refractivity contribution < 1.29 is 18.9 Å². The van der Waals surface area contributed by atoms with Crippen molar-refractivity contribution in [3.63, 3.8) is 0 Å². The molecule has 0 fully saturated rings. The van der Waals surface area contributed by atoms with Gasteiger partial charge in [-0.15, -0.1) is 0 Å². The Morgan fingerprint density at radius 3 is 2.38 bits per heavy atom. The van der Waals surface area contributed by atoms with Gasteiger partial charge in [-0.05, 0) is 55.8 Å². The van der Waals surface area contributed by atoms with Crippen LogP contribution >= 0.6 is 0 Å². The Labute approximate surface area is 183 Å². The highest BCUT2D eigenvalue weighted by molar-refractivity contribution is 6.06. The maximum atomic E-state index is 12.6. The molecule has 2 amide bonds. The second-order valence-corrected chi connectivity index (χ2v) is 7.34. The van der Waals surface area contributed by atoms with Crippen LogP contribution in [0.15, 0.2) is 71.1 Å². The number of fused-ring (bicyclic) bond motifs is 1. The summed E-state index contributed by atoms with van der Waals surface area (Å²) in [5, 5.41) is 17.5. The van der Waals surface area contributed by atoms with Crippen LogP contribution in [0.2, 0.25) is 0 Å². The Bertz CT molecular complexity index is 1340. The Balaban J connectivity index is 1.48. The number of anilines is 2. The van der Waals surface area contributed by atoms with Crippen LogP contribution in [0.5, 0.6) is 0 Å². The zero-order chi connectivity index (χ0) is 22.8. The molecule has 2 N–H and O–H groups in total. The van der Waals surface area contributed by atoms with Gasteiger partial charge in [0.05, 0.1) is 4.92 Å². The molecule has 1 aromatic heterocycles. The molecule has 0 radical (unpaired) electrons. The molecule has 0 aliphatic rings. The van der Waals surface area contributed by atoms with Crippen LogP contribution in [-0.2, 0) is 0 Å². The average Bonchev–Trinajstić information content (AvgIpc) is 3.20. The number of furan rings is 1. The summed E-state index contributed by atoms with van der Waals surface area (Å²) >= 11 is 0. The normalized spacial score (nSPS) is 10.7. The average molecular weight is 429 g/mol. The van der Waals surface area contributed by atoms with E-state index in [-0.39, 0.29) is 22.9 Å². The van der Waals surface area contributed by atoms with E-state index in [0.29, 0.717) is 22.5 Å². The first kappa shape index (κ1) is 20.8. The molecule has 4 aromatic rings. The fourth-order valence-corrected chi connectivity index (χ4v) is 3.31. The summed E-state index contributed by atoms with van der Waals surface area (Å²) in [5.74, 6) is -0.649. The largest absolute Gasteiger partial charge is 0.451 e. The summed E-state index contributed by atoms with van der Waals surface area (Å²) in [5.41, 5.74) is 2.97. The number of hydrogen-bond acceptors (Lipinski definition) is 5. The maximum Gasteiger partial charge on any atom is 0.291 e. The topological polar surface area (TPSA) is 114 Å². The minimum absolute atomic E-state index is 0.113. The summed E-state index contributed by atoms with van der Waals surface area (Å²) in [4.78, 5) is 35.7. The lowest BCUT2D eigenvalue weighted by molar-refractivity contribution is -0.385. The maximum absolute atomic E-state index is 12.6. The van der Waals surface area contributed by atoms with Gasteiger partial charge in [-0.1, -0.05) is 24.3 Å². The molecule has 8 heteroatoms. The first-order valence-electron chi connectivity index (χ1n) is 9.79. The van der Waals surface area contributed by atoms with E-state index < -0.39 is 10.8 Å². The van der Waals surface area contributed by atoms with Gasteiger partial charge >= 0.3 is 0 Å². The van der Waals surface area contributed by atoms with Gasteiger partial charge in [0.2, 0.25) is 0 Å². The second kappa shape index (κ2) is 8.35. The lowest BCUT2D eigenvalue weighted by atomic mass is 10.1. The van der Waals surface area contributed by atoms with E-state index in [2.05, 4.69) is 10.6 Å². The highest BCUT2D eigenvalue weighted by Gasteiger charge is 2.16. The number of carbonyl (C=O) groups excluding carboxylic acids is 2. The van der Waals surface area contributed by atoms with Crippen molar-refractivity contribution in [2.45, 2.75) is 13.8 Å². The molecule has 32 heavy (non-hydrogen) atoms. The van der Waals surface area contributed by atoms with Gasteiger partial charge in [-0.3, -0.25) is 19.7 Å². The van der Waals surface area contributed by atoms with E-state index in [1.165, 1.54) is 18.2 Å². The number of hydrogen-bond donors (Lipinski definition) is 2. The van der Waals surface area contributed by atoms with E-state index in [1.807, 2.05) is 18.2 Å². The molecule has 1 heterocycles. The van der Waals surface area contributed by atoms with Gasteiger partial charge in [0.1, 0.15) is 5.58 Å². The van der Waals surface area contributed by atoms with Crippen molar-refractivity contribution in [2.75, 3.05) is 10.6 Å². The van der Waals surface area contributed by atoms with Gasteiger partial charge in [0.25, 0.3) is 17.5 Å². The zero-order valence-electron chi connectivity index (χ0n) is 17.3. The number of amides is 2. The Hall–Kier alpha value is -4.46. The van der Waals surface area contributed by atoms with Crippen molar-refractivity contribution in [3.8, 4) is 0 Å². The van der Waals surface area contributed by atoms with Gasteiger partial charge in [0.15, 0.2) is 5.76 Å². The predicted molar refractivity (Wildman–Crippen MR) is 121 cm³/mol. The van der Waals surface area contributed by atoms with Crippen LogP contribution in [0.3, 0.4) is 0 Å². The van der Waals surface area contributed by atoms with Crippen LogP contribution in [0.1, 0.15) is 32.0 Å². The first-order valence-corrected chi connectivity index (χ1v) is 9.79. The molecule has 0 saturated carbocycles. The predicted octanol–water partition coefficient (Wildman–Crippen LogP) is 5.46. The summed E-state index contributed by atoms with van der Waals surface area (Å²) in [6.45, 7) is 3.40. The monoisotopic (exact) mass is 429 g/mol.